The summed E-state index contributed by atoms with van der Waals surface area (Å²) in [6.45, 7) is 1.81. The molecule has 1 unspecified atom stereocenters. The largest absolute Gasteiger partial charge is 0.452 e. The van der Waals surface area contributed by atoms with Gasteiger partial charge in [-0.25, -0.2) is 5.90 Å². The molecule has 0 saturated carbocycles. The van der Waals surface area contributed by atoms with E-state index in [2.05, 4.69) is 20.8 Å². The van der Waals surface area contributed by atoms with E-state index in [1.165, 1.54) is 0 Å². The predicted molar refractivity (Wildman–Crippen MR) is 40.1 cm³/mol. The van der Waals surface area contributed by atoms with Gasteiger partial charge in [-0.1, -0.05) is 0 Å². The highest BCUT2D eigenvalue weighted by molar-refractivity contribution is 9.10. The van der Waals surface area contributed by atoms with Gasteiger partial charge in [-0.2, -0.15) is 0 Å². The molecule has 0 spiro atoms. The molecule has 1 aromatic heterocycles. The molecule has 1 heterocycles. The molecule has 0 radical (unpaired) electrons. The highest BCUT2D eigenvalue weighted by atomic mass is 79.9. The molecule has 56 valence electrons. The Morgan fingerprint density at radius 3 is 2.80 bits per heavy atom. The molecule has 3 nitrogen and oxygen atoms in total. The van der Waals surface area contributed by atoms with E-state index in [0.29, 0.717) is 4.67 Å². The molecule has 0 saturated heterocycles. The van der Waals surface area contributed by atoms with Gasteiger partial charge in [0.2, 0.25) is 0 Å². The number of halogens is 1. The van der Waals surface area contributed by atoms with Gasteiger partial charge in [0.15, 0.2) is 4.67 Å². The second-order valence-corrected chi connectivity index (χ2v) is 2.70. The quantitative estimate of drug-likeness (QED) is 0.752. The van der Waals surface area contributed by atoms with Crippen LogP contribution < -0.4 is 5.90 Å². The summed E-state index contributed by atoms with van der Waals surface area (Å²) in [5.41, 5.74) is 0. The van der Waals surface area contributed by atoms with Gasteiger partial charge in [-0.3, -0.25) is 4.84 Å². The summed E-state index contributed by atoms with van der Waals surface area (Å²) in [6.07, 6.45) is -0.189. The van der Waals surface area contributed by atoms with E-state index in [1.807, 2.05) is 13.0 Å². The van der Waals surface area contributed by atoms with Crippen LogP contribution in [0.1, 0.15) is 18.8 Å². The third kappa shape index (κ3) is 1.59. The molecule has 0 aliphatic rings. The maximum atomic E-state index is 5.15. The van der Waals surface area contributed by atoms with Gasteiger partial charge in [-0.15, -0.1) is 0 Å². The second kappa shape index (κ2) is 3.18. The lowest BCUT2D eigenvalue weighted by molar-refractivity contribution is 0.0502. The van der Waals surface area contributed by atoms with E-state index in [-0.39, 0.29) is 6.10 Å². The van der Waals surface area contributed by atoms with E-state index < -0.39 is 0 Å². The fourth-order valence-corrected chi connectivity index (χ4v) is 0.933. The van der Waals surface area contributed by atoms with Gasteiger partial charge in [0.1, 0.15) is 11.9 Å². The Bertz CT molecular complexity index is 211. The van der Waals surface area contributed by atoms with Crippen molar-refractivity contribution in [2.24, 2.45) is 5.90 Å². The minimum Gasteiger partial charge on any atom is -0.452 e. The Morgan fingerprint density at radius 1 is 1.70 bits per heavy atom. The Morgan fingerprint density at radius 2 is 2.40 bits per heavy atom. The van der Waals surface area contributed by atoms with Crippen molar-refractivity contribution in [2.75, 3.05) is 0 Å². The Balaban J connectivity index is 2.74. The molecular formula is C6H8BrNO2. The zero-order valence-corrected chi connectivity index (χ0v) is 7.09. The zero-order chi connectivity index (χ0) is 7.56. The minimum atomic E-state index is -0.189. The van der Waals surface area contributed by atoms with Crippen LogP contribution in [0.15, 0.2) is 21.2 Å². The van der Waals surface area contributed by atoms with Crippen LogP contribution >= 0.6 is 15.9 Å². The first-order chi connectivity index (χ1) is 4.74. The molecule has 1 rings (SSSR count). The lowest BCUT2D eigenvalue weighted by atomic mass is 10.3. The van der Waals surface area contributed by atoms with Gasteiger partial charge < -0.3 is 4.42 Å². The van der Waals surface area contributed by atoms with Crippen molar-refractivity contribution in [1.29, 1.82) is 0 Å². The van der Waals surface area contributed by atoms with E-state index >= 15 is 0 Å². The van der Waals surface area contributed by atoms with Crippen LogP contribution in [0.5, 0.6) is 0 Å². The summed E-state index contributed by atoms with van der Waals surface area (Å²) in [7, 11) is 0. The molecule has 0 aromatic carbocycles. The van der Waals surface area contributed by atoms with Gasteiger partial charge in [-0.05, 0) is 35.0 Å². The van der Waals surface area contributed by atoms with Crippen LogP contribution in [0, 0.1) is 0 Å². The van der Waals surface area contributed by atoms with Gasteiger partial charge in [0.25, 0.3) is 0 Å². The first kappa shape index (κ1) is 7.78. The summed E-state index contributed by atoms with van der Waals surface area (Å²) in [5.74, 6) is 5.66. The molecule has 0 fully saturated rings. The van der Waals surface area contributed by atoms with E-state index in [0.717, 1.165) is 5.76 Å². The average molecular weight is 206 g/mol. The highest BCUT2D eigenvalue weighted by Gasteiger charge is 2.07. The molecule has 10 heavy (non-hydrogen) atoms. The summed E-state index contributed by atoms with van der Waals surface area (Å²) in [5, 5.41) is 0. The fourth-order valence-electron chi connectivity index (χ4n) is 0.614. The van der Waals surface area contributed by atoms with Crippen molar-refractivity contribution < 1.29 is 9.25 Å². The summed E-state index contributed by atoms with van der Waals surface area (Å²) < 4.78 is 5.83. The molecule has 1 aromatic rings. The maximum Gasteiger partial charge on any atom is 0.169 e. The van der Waals surface area contributed by atoms with Crippen molar-refractivity contribution in [3.63, 3.8) is 0 Å². The SMILES string of the molecule is CC(ON)c1ccc(Br)o1. The first-order valence-corrected chi connectivity index (χ1v) is 3.64. The normalized spacial score (nSPS) is 13.5. The zero-order valence-electron chi connectivity index (χ0n) is 5.50. The van der Waals surface area contributed by atoms with Crippen molar-refractivity contribution in [3.05, 3.63) is 22.6 Å². The average Bonchev–Trinajstić information content (AvgIpc) is 2.34. The summed E-state index contributed by atoms with van der Waals surface area (Å²) in [6, 6.07) is 3.60. The topological polar surface area (TPSA) is 48.4 Å². The van der Waals surface area contributed by atoms with Crippen molar-refractivity contribution in [1.82, 2.24) is 0 Å². The summed E-state index contributed by atoms with van der Waals surface area (Å²) >= 11 is 3.17. The highest BCUT2D eigenvalue weighted by Crippen LogP contribution is 2.20. The molecule has 0 bridgehead atoms. The fraction of sp³-hybridized carbons (Fsp3) is 0.333. The molecule has 1 atom stereocenters. The third-order valence-electron chi connectivity index (χ3n) is 1.20. The maximum absolute atomic E-state index is 5.15. The molecule has 4 heteroatoms. The Kier molecular flexibility index (Phi) is 2.48. The van der Waals surface area contributed by atoms with Crippen molar-refractivity contribution >= 4 is 15.9 Å². The van der Waals surface area contributed by atoms with E-state index in [4.69, 9.17) is 10.3 Å². The second-order valence-electron chi connectivity index (χ2n) is 1.92. The van der Waals surface area contributed by atoms with Crippen molar-refractivity contribution in [3.8, 4) is 0 Å². The lowest BCUT2D eigenvalue weighted by Gasteiger charge is -2.02. The lowest BCUT2D eigenvalue weighted by Crippen LogP contribution is -2.03. The smallest absolute Gasteiger partial charge is 0.169 e. The molecule has 0 aliphatic heterocycles. The van der Waals surface area contributed by atoms with E-state index in [9.17, 15) is 0 Å². The number of nitrogens with two attached hydrogens (primary N) is 1. The standard InChI is InChI=1S/C6H8BrNO2/c1-4(10-8)5-2-3-6(7)9-5/h2-4H,8H2,1H3. The van der Waals surface area contributed by atoms with Gasteiger partial charge >= 0.3 is 0 Å². The predicted octanol–water partition coefficient (Wildman–Crippen LogP) is 1.99. The monoisotopic (exact) mass is 205 g/mol. The number of furan rings is 1. The first-order valence-electron chi connectivity index (χ1n) is 2.85. The molecule has 2 N–H and O–H groups in total. The van der Waals surface area contributed by atoms with Crippen LogP contribution in [0.4, 0.5) is 0 Å². The van der Waals surface area contributed by atoms with Crippen LogP contribution in [0.3, 0.4) is 0 Å². The molecular weight excluding hydrogens is 198 g/mol. The van der Waals surface area contributed by atoms with Gasteiger partial charge in [0.05, 0.1) is 0 Å². The number of hydrogen-bond donors (Lipinski definition) is 1. The van der Waals surface area contributed by atoms with E-state index in [1.54, 1.807) is 6.07 Å². The molecule has 0 amide bonds. The van der Waals surface area contributed by atoms with Crippen LogP contribution in [-0.4, -0.2) is 0 Å². The molecule has 0 aliphatic carbocycles. The number of rotatable bonds is 2. The number of hydrogen-bond acceptors (Lipinski definition) is 3. The minimum absolute atomic E-state index is 0.189. The van der Waals surface area contributed by atoms with Crippen molar-refractivity contribution in [2.45, 2.75) is 13.0 Å². The Hall–Kier alpha value is -0.320. The van der Waals surface area contributed by atoms with Crippen LogP contribution in [-0.2, 0) is 4.84 Å². The van der Waals surface area contributed by atoms with Crippen LogP contribution in [0.2, 0.25) is 0 Å². The third-order valence-corrected chi connectivity index (χ3v) is 1.62. The summed E-state index contributed by atoms with van der Waals surface area (Å²) in [4.78, 5) is 4.53. The van der Waals surface area contributed by atoms with Gasteiger partial charge in [0, 0.05) is 0 Å². The van der Waals surface area contributed by atoms with Crippen LogP contribution in [0.25, 0.3) is 0 Å². The Labute approximate surface area is 67.2 Å².